The summed E-state index contributed by atoms with van der Waals surface area (Å²) in [7, 11) is 0. The number of rotatable bonds is 3. The average Bonchev–Trinajstić information content (AvgIpc) is 3.50. The minimum Gasteiger partial charge on any atom is -0.341 e. The lowest BCUT2D eigenvalue weighted by atomic mass is 10.1. The van der Waals surface area contributed by atoms with Gasteiger partial charge < -0.3 is 9.80 Å². The van der Waals surface area contributed by atoms with Crippen molar-refractivity contribution in [1.82, 2.24) is 24.5 Å². The normalized spacial score (nSPS) is 17.6. The second-order valence-corrected chi connectivity index (χ2v) is 9.62. The fourth-order valence-corrected chi connectivity index (χ4v) is 5.44. The lowest BCUT2D eigenvalue weighted by molar-refractivity contribution is -0.135. The molecule has 0 atom stereocenters. The van der Waals surface area contributed by atoms with Gasteiger partial charge in [0.1, 0.15) is 0 Å². The molecule has 1 amide bonds. The lowest BCUT2D eigenvalue weighted by Crippen LogP contribution is -2.38. The summed E-state index contributed by atoms with van der Waals surface area (Å²) in [5.74, 6) is 2.22. The van der Waals surface area contributed by atoms with Crippen LogP contribution >= 0.6 is 0 Å². The molecule has 4 aromatic rings. The Morgan fingerprint density at radius 1 is 0.882 bits per heavy atom. The number of para-hydroxylation sites is 1. The average molecular weight is 455 g/mol. The fraction of sp³-hybridized carbons (Fsp3) is 0.407. The third-order valence-electron chi connectivity index (χ3n) is 7.33. The van der Waals surface area contributed by atoms with Crippen molar-refractivity contribution < 1.29 is 4.79 Å². The van der Waals surface area contributed by atoms with Crippen molar-refractivity contribution in [2.24, 2.45) is 5.92 Å². The molecule has 1 saturated carbocycles. The Bertz CT molecular complexity index is 1340. The highest BCUT2D eigenvalue weighted by Gasteiger charge is 2.29. The van der Waals surface area contributed by atoms with Gasteiger partial charge in [-0.2, -0.15) is 0 Å². The Balaban J connectivity index is 1.41. The second-order valence-electron chi connectivity index (χ2n) is 9.62. The van der Waals surface area contributed by atoms with Gasteiger partial charge >= 0.3 is 0 Å². The van der Waals surface area contributed by atoms with Crippen LogP contribution in [0.3, 0.4) is 0 Å². The van der Waals surface area contributed by atoms with Gasteiger partial charge in [-0.3, -0.25) is 4.79 Å². The Kier molecular flexibility index (Phi) is 5.40. The highest BCUT2D eigenvalue weighted by atomic mass is 16.2. The molecule has 2 aromatic heterocycles. The minimum atomic E-state index is 0.225. The predicted octanol–water partition coefficient (Wildman–Crippen LogP) is 4.48. The summed E-state index contributed by atoms with van der Waals surface area (Å²) < 4.78 is 2.10. The van der Waals surface area contributed by atoms with E-state index in [1.54, 1.807) is 0 Å². The summed E-state index contributed by atoms with van der Waals surface area (Å²) in [6.07, 6.45) is 5.39. The Hall–Kier alpha value is -3.48. The molecule has 2 aliphatic rings. The van der Waals surface area contributed by atoms with Gasteiger partial charge in [0.05, 0.1) is 5.52 Å². The first kappa shape index (κ1) is 21.1. The van der Waals surface area contributed by atoms with Crippen molar-refractivity contribution >= 4 is 28.4 Å². The van der Waals surface area contributed by atoms with Crippen molar-refractivity contribution in [3.05, 3.63) is 54.1 Å². The number of nitrogens with zero attached hydrogens (tertiary/aromatic N) is 6. The SMILES string of the molecule is Cc1ccc(-c2nnc3c4ccccc4nc(N4CCCN(C(=O)C5CCCC5)CC4)n23)cc1. The minimum absolute atomic E-state index is 0.225. The maximum absolute atomic E-state index is 13.1. The summed E-state index contributed by atoms with van der Waals surface area (Å²) in [4.78, 5) is 22.6. The largest absolute Gasteiger partial charge is 0.341 e. The summed E-state index contributed by atoms with van der Waals surface area (Å²) in [5.41, 5.74) is 3.96. The summed E-state index contributed by atoms with van der Waals surface area (Å²) in [5, 5.41) is 10.2. The van der Waals surface area contributed by atoms with E-state index in [9.17, 15) is 4.79 Å². The molecule has 0 unspecified atom stereocenters. The smallest absolute Gasteiger partial charge is 0.225 e. The van der Waals surface area contributed by atoms with Crippen LogP contribution in [0.1, 0.15) is 37.7 Å². The van der Waals surface area contributed by atoms with Gasteiger partial charge in [0, 0.05) is 43.0 Å². The lowest BCUT2D eigenvalue weighted by Gasteiger charge is -2.25. The monoisotopic (exact) mass is 454 g/mol. The first-order valence-electron chi connectivity index (χ1n) is 12.4. The van der Waals surface area contributed by atoms with E-state index >= 15 is 0 Å². The van der Waals surface area contributed by atoms with Crippen LogP contribution in [0.15, 0.2) is 48.5 Å². The van der Waals surface area contributed by atoms with E-state index in [0.717, 1.165) is 79.3 Å². The van der Waals surface area contributed by atoms with Crippen molar-refractivity contribution in [3.8, 4) is 11.4 Å². The van der Waals surface area contributed by atoms with Crippen molar-refractivity contribution in [2.45, 2.75) is 39.0 Å². The number of amides is 1. The number of carbonyl (C=O) groups excluding carboxylic acids is 1. The molecule has 2 aromatic carbocycles. The quantitative estimate of drug-likeness (QED) is 0.457. The van der Waals surface area contributed by atoms with Crippen LogP contribution in [-0.2, 0) is 4.79 Å². The van der Waals surface area contributed by atoms with Crippen LogP contribution in [0, 0.1) is 12.8 Å². The highest BCUT2D eigenvalue weighted by Crippen LogP contribution is 2.30. The second kappa shape index (κ2) is 8.70. The van der Waals surface area contributed by atoms with Crippen LogP contribution in [0.4, 0.5) is 5.95 Å². The number of anilines is 1. The number of hydrogen-bond acceptors (Lipinski definition) is 5. The van der Waals surface area contributed by atoms with Gasteiger partial charge in [0.25, 0.3) is 0 Å². The van der Waals surface area contributed by atoms with Gasteiger partial charge in [0.15, 0.2) is 11.5 Å². The van der Waals surface area contributed by atoms with Gasteiger partial charge in [-0.05, 0) is 38.3 Å². The van der Waals surface area contributed by atoms with Crippen LogP contribution in [0.5, 0.6) is 0 Å². The zero-order valence-electron chi connectivity index (χ0n) is 19.7. The number of aromatic nitrogens is 4. The van der Waals surface area contributed by atoms with Crippen molar-refractivity contribution in [2.75, 3.05) is 31.1 Å². The van der Waals surface area contributed by atoms with E-state index in [-0.39, 0.29) is 5.92 Å². The topological polar surface area (TPSA) is 66.6 Å². The first-order valence-corrected chi connectivity index (χ1v) is 12.4. The standard InChI is InChI=1S/C27H30N6O/c1-19-11-13-20(14-12-19)24-29-30-25-22-9-4-5-10-23(22)28-27(33(24)25)32-16-6-15-31(17-18-32)26(34)21-7-2-3-8-21/h4-5,9-14,21H,2-3,6-8,15-18H2,1H3. The van der Waals surface area contributed by atoms with E-state index in [0.29, 0.717) is 5.91 Å². The molecule has 0 bridgehead atoms. The molecule has 34 heavy (non-hydrogen) atoms. The van der Waals surface area contributed by atoms with Gasteiger partial charge in [-0.15, -0.1) is 10.2 Å². The third-order valence-corrected chi connectivity index (χ3v) is 7.33. The maximum Gasteiger partial charge on any atom is 0.225 e. The summed E-state index contributed by atoms with van der Waals surface area (Å²) >= 11 is 0. The molecule has 0 spiro atoms. The van der Waals surface area contributed by atoms with Crippen LogP contribution in [0.25, 0.3) is 27.9 Å². The maximum atomic E-state index is 13.1. The molecule has 7 heteroatoms. The van der Waals surface area contributed by atoms with E-state index in [1.807, 2.05) is 18.2 Å². The molecule has 174 valence electrons. The predicted molar refractivity (Wildman–Crippen MR) is 134 cm³/mol. The van der Waals surface area contributed by atoms with Crippen LogP contribution in [-0.4, -0.2) is 56.6 Å². The number of hydrogen-bond donors (Lipinski definition) is 0. The molecule has 7 nitrogen and oxygen atoms in total. The number of carbonyl (C=O) groups is 1. The van der Waals surface area contributed by atoms with Gasteiger partial charge in [-0.1, -0.05) is 54.8 Å². The third kappa shape index (κ3) is 3.69. The Morgan fingerprint density at radius 3 is 2.50 bits per heavy atom. The zero-order chi connectivity index (χ0) is 23.1. The van der Waals surface area contributed by atoms with Crippen LogP contribution in [0.2, 0.25) is 0 Å². The van der Waals surface area contributed by atoms with E-state index in [1.165, 1.54) is 18.4 Å². The first-order chi connectivity index (χ1) is 16.7. The summed E-state index contributed by atoms with van der Waals surface area (Å²) in [6.45, 7) is 5.23. The Labute approximate surface area is 199 Å². The molecule has 1 saturated heterocycles. The van der Waals surface area contributed by atoms with Crippen LogP contribution < -0.4 is 4.90 Å². The molecule has 1 aliphatic heterocycles. The van der Waals surface area contributed by atoms with E-state index in [4.69, 9.17) is 4.98 Å². The van der Waals surface area contributed by atoms with Crippen molar-refractivity contribution in [1.29, 1.82) is 0 Å². The number of benzene rings is 2. The summed E-state index contributed by atoms with van der Waals surface area (Å²) in [6, 6.07) is 16.5. The molecule has 0 radical (unpaired) electrons. The molecule has 1 aliphatic carbocycles. The van der Waals surface area contributed by atoms with E-state index < -0.39 is 0 Å². The van der Waals surface area contributed by atoms with Gasteiger partial charge in [0.2, 0.25) is 11.9 Å². The molecular formula is C27H30N6O. The zero-order valence-corrected chi connectivity index (χ0v) is 19.7. The van der Waals surface area contributed by atoms with Gasteiger partial charge in [-0.25, -0.2) is 9.38 Å². The highest BCUT2D eigenvalue weighted by molar-refractivity contribution is 5.93. The molecule has 2 fully saturated rings. The molecule has 0 N–H and O–H groups in total. The molecular weight excluding hydrogens is 424 g/mol. The molecule has 3 heterocycles. The molecule has 6 rings (SSSR count). The van der Waals surface area contributed by atoms with E-state index in [2.05, 4.69) is 61.7 Å². The Morgan fingerprint density at radius 2 is 1.68 bits per heavy atom. The number of aryl methyl sites for hydroxylation is 1. The number of fused-ring (bicyclic) bond motifs is 3. The fourth-order valence-electron chi connectivity index (χ4n) is 5.44. The van der Waals surface area contributed by atoms with Crippen molar-refractivity contribution in [3.63, 3.8) is 0 Å².